The fourth-order valence-electron chi connectivity index (χ4n) is 5.21. The van der Waals surface area contributed by atoms with Gasteiger partial charge in [0.1, 0.15) is 5.60 Å². The average molecular weight is 419 g/mol. The van der Waals surface area contributed by atoms with Gasteiger partial charge in [0.15, 0.2) is 5.82 Å². The van der Waals surface area contributed by atoms with E-state index in [1.54, 1.807) is 0 Å². The number of carbonyl (C=O) groups excluding carboxylic acids is 1. The highest BCUT2D eigenvalue weighted by atomic mass is 19.1. The Morgan fingerprint density at radius 3 is 2.40 bits per heavy atom. The minimum Gasteiger partial charge on any atom is -0.460 e. The van der Waals surface area contributed by atoms with Crippen molar-refractivity contribution in [3.05, 3.63) is 34.1 Å². The number of benzene rings is 1. The predicted octanol–water partition coefficient (Wildman–Crippen LogP) is 3.76. The molecule has 7 nitrogen and oxygen atoms in total. The summed E-state index contributed by atoms with van der Waals surface area (Å²) in [6.07, 6.45) is 3.74. The molecule has 1 spiro atoms. The molecule has 30 heavy (non-hydrogen) atoms. The van der Waals surface area contributed by atoms with Crippen LogP contribution in [0.1, 0.15) is 46.5 Å². The van der Waals surface area contributed by atoms with E-state index in [-0.39, 0.29) is 23.0 Å². The van der Waals surface area contributed by atoms with Gasteiger partial charge in [-0.1, -0.05) is 0 Å². The van der Waals surface area contributed by atoms with Crippen molar-refractivity contribution in [3.8, 4) is 0 Å². The predicted molar refractivity (Wildman–Crippen MR) is 111 cm³/mol. The number of carbonyl (C=O) groups is 1. The number of ether oxygens (including phenoxy) is 1. The normalized spacial score (nSPS) is 22.5. The number of piperidine rings is 1. The highest BCUT2D eigenvalue weighted by Gasteiger charge is 2.56. The summed E-state index contributed by atoms with van der Waals surface area (Å²) in [6.45, 7) is 9.25. The Balaban J connectivity index is 1.23. The Kier molecular flexibility index (Phi) is 5.24. The third kappa shape index (κ3) is 4.15. The molecule has 4 rings (SSSR count). The number of hydrogen-bond acceptors (Lipinski definition) is 6. The van der Waals surface area contributed by atoms with E-state index in [2.05, 4.69) is 4.90 Å². The summed E-state index contributed by atoms with van der Waals surface area (Å²) < 4.78 is 19.8. The van der Waals surface area contributed by atoms with Gasteiger partial charge in [0.25, 0.3) is 5.69 Å². The first-order valence-corrected chi connectivity index (χ1v) is 10.7. The second kappa shape index (κ2) is 7.48. The van der Waals surface area contributed by atoms with E-state index in [4.69, 9.17) is 4.74 Å². The number of nitrogens with zero attached hydrogens (tertiary/aromatic N) is 3. The Labute approximate surface area is 176 Å². The van der Waals surface area contributed by atoms with Crippen LogP contribution >= 0.6 is 0 Å². The highest BCUT2D eigenvalue weighted by Crippen LogP contribution is 2.53. The molecular formula is C22H30FN3O4. The van der Waals surface area contributed by atoms with Crippen LogP contribution in [0.25, 0.3) is 0 Å². The second-order valence-electron chi connectivity index (χ2n) is 10.2. The fraction of sp³-hybridized carbons (Fsp3) is 0.682. The van der Waals surface area contributed by atoms with Crippen LogP contribution < -0.4 is 4.90 Å². The molecule has 0 N–H and O–H groups in total. The second-order valence-corrected chi connectivity index (χ2v) is 10.2. The average Bonchev–Trinajstić information content (AvgIpc) is 2.58. The summed E-state index contributed by atoms with van der Waals surface area (Å²) in [5.41, 5.74) is 0.0757. The van der Waals surface area contributed by atoms with Gasteiger partial charge in [-0.15, -0.1) is 0 Å². The minimum atomic E-state index is -0.577. The standard InChI is InChI=1S/C22H30FN3O4/c1-21(2,3)30-20(27)15-11-22(12-15)13-25(14-22)16-6-8-24(9-7-16)19-5-4-17(26(28)29)10-18(19)23/h4-5,10,15-16H,6-9,11-14H2,1-3H3. The molecule has 164 valence electrons. The number of hydrogen-bond donors (Lipinski definition) is 0. The summed E-state index contributed by atoms with van der Waals surface area (Å²) >= 11 is 0. The molecule has 2 aliphatic heterocycles. The van der Waals surface area contributed by atoms with E-state index in [1.165, 1.54) is 12.1 Å². The van der Waals surface area contributed by atoms with Crippen molar-refractivity contribution < 1.29 is 18.8 Å². The number of halogens is 1. The number of anilines is 1. The Morgan fingerprint density at radius 2 is 1.87 bits per heavy atom. The van der Waals surface area contributed by atoms with Gasteiger partial charge in [0.05, 0.1) is 22.6 Å². The molecule has 2 saturated heterocycles. The van der Waals surface area contributed by atoms with Crippen LogP contribution in [-0.4, -0.2) is 53.6 Å². The van der Waals surface area contributed by atoms with Crippen LogP contribution in [-0.2, 0) is 9.53 Å². The number of likely N-dealkylation sites (tertiary alicyclic amines) is 1. The van der Waals surface area contributed by atoms with Gasteiger partial charge in [0, 0.05) is 38.3 Å². The third-order valence-electron chi connectivity index (χ3n) is 6.64. The van der Waals surface area contributed by atoms with Crippen molar-refractivity contribution in [2.75, 3.05) is 31.1 Å². The van der Waals surface area contributed by atoms with Gasteiger partial charge in [0.2, 0.25) is 0 Å². The lowest BCUT2D eigenvalue weighted by Gasteiger charge is -2.61. The molecule has 0 amide bonds. The van der Waals surface area contributed by atoms with Crippen molar-refractivity contribution >= 4 is 17.3 Å². The summed E-state index contributed by atoms with van der Waals surface area (Å²) in [5, 5.41) is 10.8. The lowest BCUT2D eigenvalue weighted by atomic mass is 9.57. The topological polar surface area (TPSA) is 75.9 Å². The minimum absolute atomic E-state index is 0.0401. The van der Waals surface area contributed by atoms with Crippen molar-refractivity contribution in [3.63, 3.8) is 0 Å². The number of nitro benzene ring substituents is 1. The number of esters is 1. The third-order valence-corrected chi connectivity index (χ3v) is 6.64. The Morgan fingerprint density at radius 1 is 1.23 bits per heavy atom. The monoisotopic (exact) mass is 419 g/mol. The SMILES string of the molecule is CC(C)(C)OC(=O)C1CC2(C1)CN(C1CCN(c3ccc([N+](=O)[O-])cc3F)CC1)C2. The molecule has 1 aromatic carbocycles. The molecule has 1 saturated carbocycles. The van der Waals surface area contributed by atoms with Crippen LogP contribution in [0.3, 0.4) is 0 Å². The van der Waals surface area contributed by atoms with Crippen molar-refractivity contribution in [1.82, 2.24) is 4.90 Å². The molecule has 3 aliphatic rings. The maximum atomic E-state index is 14.3. The summed E-state index contributed by atoms with van der Waals surface area (Å²) in [5.74, 6) is -0.559. The molecule has 0 aromatic heterocycles. The Bertz CT molecular complexity index is 831. The van der Waals surface area contributed by atoms with Crippen LogP contribution in [0.2, 0.25) is 0 Å². The van der Waals surface area contributed by atoms with E-state index in [9.17, 15) is 19.3 Å². The quantitative estimate of drug-likeness (QED) is 0.420. The Hall–Kier alpha value is -2.22. The van der Waals surface area contributed by atoms with Crippen LogP contribution in [0.15, 0.2) is 18.2 Å². The molecule has 0 unspecified atom stereocenters. The number of nitro groups is 1. The first-order valence-electron chi connectivity index (χ1n) is 10.7. The molecule has 0 bridgehead atoms. The maximum absolute atomic E-state index is 14.3. The smallest absolute Gasteiger partial charge is 0.309 e. The van der Waals surface area contributed by atoms with E-state index < -0.39 is 16.3 Å². The molecule has 1 aromatic rings. The zero-order valence-corrected chi connectivity index (χ0v) is 17.9. The zero-order valence-electron chi connectivity index (χ0n) is 17.9. The van der Waals surface area contributed by atoms with Gasteiger partial charge >= 0.3 is 5.97 Å². The molecule has 1 aliphatic carbocycles. The molecular weight excluding hydrogens is 389 g/mol. The first-order chi connectivity index (χ1) is 14.1. The lowest BCUT2D eigenvalue weighted by Crippen LogP contribution is -2.66. The van der Waals surface area contributed by atoms with Crippen LogP contribution in [0.4, 0.5) is 15.8 Å². The van der Waals surface area contributed by atoms with E-state index in [0.29, 0.717) is 11.7 Å². The largest absolute Gasteiger partial charge is 0.460 e. The van der Waals surface area contributed by atoms with Gasteiger partial charge in [-0.05, 0) is 57.9 Å². The molecule has 8 heteroatoms. The molecule has 0 atom stereocenters. The molecule has 0 radical (unpaired) electrons. The zero-order chi connectivity index (χ0) is 21.7. The van der Waals surface area contributed by atoms with E-state index in [1.807, 2.05) is 25.7 Å². The maximum Gasteiger partial charge on any atom is 0.309 e. The highest BCUT2D eigenvalue weighted by molar-refractivity contribution is 5.74. The van der Waals surface area contributed by atoms with Crippen molar-refractivity contribution in [1.29, 1.82) is 0 Å². The molecule has 3 fully saturated rings. The van der Waals surface area contributed by atoms with Crippen molar-refractivity contribution in [2.24, 2.45) is 11.3 Å². The fourth-order valence-corrected chi connectivity index (χ4v) is 5.21. The van der Waals surface area contributed by atoms with Gasteiger partial charge in [-0.2, -0.15) is 0 Å². The number of rotatable bonds is 4. The van der Waals surface area contributed by atoms with Gasteiger partial charge in [-0.25, -0.2) is 4.39 Å². The lowest BCUT2D eigenvalue weighted by molar-refractivity contribution is -0.385. The van der Waals surface area contributed by atoms with Crippen molar-refractivity contribution in [2.45, 2.75) is 58.1 Å². The summed E-state index contributed by atoms with van der Waals surface area (Å²) in [4.78, 5) is 26.9. The summed E-state index contributed by atoms with van der Waals surface area (Å²) in [6, 6.07) is 4.35. The number of non-ortho nitro benzene ring substituents is 1. The van der Waals surface area contributed by atoms with E-state index >= 15 is 0 Å². The first kappa shape index (κ1) is 21.0. The van der Waals surface area contributed by atoms with E-state index in [0.717, 1.165) is 57.9 Å². The van der Waals surface area contributed by atoms with Gasteiger partial charge < -0.3 is 9.64 Å². The molecule has 2 heterocycles. The van der Waals surface area contributed by atoms with Crippen LogP contribution in [0.5, 0.6) is 0 Å². The van der Waals surface area contributed by atoms with Gasteiger partial charge in [-0.3, -0.25) is 19.8 Å². The van der Waals surface area contributed by atoms with Crippen LogP contribution in [0, 0.1) is 27.3 Å². The summed E-state index contributed by atoms with van der Waals surface area (Å²) in [7, 11) is 0.